The van der Waals surface area contributed by atoms with Gasteiger partial charge in [0.05, 0.1) is 12.5 Å². The number of ether oxygens (including phenoxy) is 3. The molecule has 0 spiro atoms. The molecular weight excluding hydrogens is 252 g/mol. The predicted octanol–water partition coefficient (Wildman–Crippen LogP) is 3.17. The smallest absolute Gasteiger partial charge is 0.161 e. The summed E-state index contributed by atoms with van der Waals surface area (Å²) in [7, 11) is 1.65. The van der Waals surface area contributed by atoms with Crippen molar-refractivity contribution in [2.45, 2.75) is 37.9 Å². The molecule has 4 heteroatoms. The highest BCUT2D eigenvalue weighted by Crippen LogP contribution is 2.36. The molecule has 0 N–H and O–H groups in total. The van der Waals surface area contributed by atoms with E-state index in [9.17, 15) is 0 Å². The van der Waals surface area contributed by atoms with Crippen LogP contribution in [0, 0.1) is 6.92 Å². The zero-order valence-electron chi connectivity index (χ0n) is 11.0. The Hall–Kier alpha value is -0.930. The summed E-state index contributed by atoms with van der Waals surface area (Å²) in [5.74, 6) is 1.50. The highest BCUT2D eigenvalue weighted by molar-refractivity contribution is 6.21. The number of halogens is 1. The van der Waals surface area contributed by atoms with E-state index in [4.69, 9.17) is 25.8 Å². The van der Waals surface area contributed by atoms with Gasteiger partial charge in [-0.3, -0.25) is 0 Å². The van der Waals surface area contributed by atoms with E-state index in [0.717, 1.165) is 23.5 Å². The molecule has 1 saturated carbocycles. The van der Waals surface area contributed by atoms with Crippen LogP contribution in [0.1, 0.15) is 18.9 Å². The van der Waals surface area contributed by atoms with Gasteiger partial charge in [-0.25, -0.2) is 0 Å². The maximum absolute atomic E-state index is 6.12. The van der Waals surface area contributed by atoms with Gasteiger partial charge in [0.25, 0.3) is 0 Å². The molecule has 0 saturated heterocycles. The van der Waals surface area contributed by atoms with Gasteiger partial charge in [-0.1, -0.05) is 6.07 Å². The summed E-state index contributed by atoms with van der Waals surface area (Å²) in [6.07, 6.45) is 0.801. The van der Waals surface area contributed by atoms with E-state index in [-0.39, 0.29) is 17.6 Å². The molecule has 1 aliphatic rings. The molecule has 2 rings (SSSR count). The van der Waals surface area contributed by atoms with Crippen molar-refractivity contribution < 1.29 is 14.2 Å². The van der Waals surface area contributed by atoms with Crippen molar-refractivity contribution in [1.29, 1.82) is 0 Å². The van der Waals surface area contributed by atoms with Crippen molar-refractivity contribution in [2.75, 3.05) is 13.7 Å². The topological polar surface area (TPSA) is 27.7 Å². The van der Waals surface area contributed by atoms with Gasteiger partial charge in [0.2, 0.25) is 0 Å². The van der Waals surface area contributed by atoms with Crippen LogP contribution < -0.4 is 9.47 Å². The Morgan fingerprint density at radius 3 is 2.72 bits per heavy atom. The largest absolute Gasteiger partial charge is 0.493 e. The Balaban J connectivity index is 2.05. The van der Waals surface area contributed by atoms with Crippen molar-refractivity contribution in [3.8, 4) is 11.5 Å². The number of hydrogen-bond donors (Lipinski definition) is 0. The first-order chi connectivity index (χ1) is 8.65. The lowest BCUT2D eigenvalue weighted by atomic mass is 9.91. The number of alkyl halides is 1. The molecule has 0 amide bonds. The lowest BCUT2D eigenvalue weighted by molar-refractivity contribution is -0.0765. The van der Waals surface area contributed by atoms with Crippen LogP contribution in [0.4, 0.5) is 0 Å². The van der Waals surface area contributed by atoms with E-state index in [1.54, 1.807) is 7.11 Å². The zero-order chi connectivity index (χ0) is 13.1. The summed E-state index contributed by atoms with van der Waals surface area (Å²) in [4.78, 5) is 0. The summed E-state index contributed by atoms with van der Waals surface area (Å²) in [6, 6.07) is 5.89. The minimum absolute atomic E-state index is 0.0176. The average Bonchev–Trinajstić information content (AvgIpc) is 2.37. The number of methoxy groups -OCH3 is 1. The highest BCUT2D eigenvalue weighted by atomic mass is 35.5. The fourth-order valence-electron chi connectivity index (χ4n) is 2.08. The van der Waals surface area contributed by atoms with Crippen molar-refractivity contribution in [2.24, 2.45) is 0 Å². The summed E-state index contributed by atoms with van der Waals surface area (Å²) in [6.45, 7) is 4.64. The van der Waals surface area contributed by atoms with Gasteiger partial charge >= 0.3 is 0 Å². The fraction of sp³-hybridized carbons (Fsp3) is 0.571. The van der Waals surface area contributed by atoms with Crippen LogP contribution in [-0.2, 0) is 4.74 Å². The lowest BCUT2D eigenvalue weighted by Gasteiger charge is -2.40. The quantitative estimate of drug-likeness (QED) is 0.769. The predicted molar refractivity (Wildman–Crippen MR) is 71.8 cm³/mol. The summed E-state index contributed by atoms with van der Waals surface area (Å²) in [5, 5.41) is 0.0476. The summed E-state index contributed by atoms with van der Waals surface area (Å²) < 4.78 is 16.8. The third-order valence-corrected chi connectivity index (χ3v) is 3.56. The van der Waals surface area contributed by atoms with E-state index in [2.05, 4.69) is 0 Å². The van der Waals surface area contributed by atoms with Crippen LogP contribution in [0.15, 0.2) is 18.2 Å². The molecule has 100 valence electrons. The van der Waals surface area contributed by atoms with E-state index in [1.165, 1.54) is 0 Å². The second-order valence-electron chi connectivity index (χ2n) is 4.48. The molecule has 3 atom stereocenters. The second-order valence-corrected chi connectivity index (χ2v) is 5.04. The molecule has 3 unspecified atom stereocenters. The maximum Gasteiger partial charge on any atom is 0.161 e. The van der Waals surface area contributed by atoms with Gasteiger partial charge < -0.3 is 14.2 Å². The molecule has 1 aromatic carbocycles. The Kier molecular flexibility index (Phi) is 4.36. The summed E-state index contributed by atoms with van der Waals surface area (Å²) in [5.41, 5.74) is 1.14. The SMILES string of the molecule is CCOC1C(Cl)CC1Oc1ccc(C)cc1OC. The van der Waals surface area contributed by atoms with Crippen molar-refractivity contribution >= 4 is 11.6 Å². The third kappa shape index (κ3) is 2.73. The molecule has 0 aromatic heterocycles. The number of rotatable bonds is 5. The normalized spacial score (nSPS) is 26.6. The molecule has 3 nitrogen and oxygen atoms in total. The molecule has 1 fully saturated rings. The standard InChI is InChI=1S/C14H19ClO3/c1-4-17-14-10(15)8-13(14)18-11-6-5-9(2)7-12(11)16-3/h5-7,10,13-14H,4,8H2,1-3H3. The van der Waals surface area contributed by atoms with Gasteiger partial charge in [-0.05, 0) is 31.5 Å². The van der Waals surface area contributed by atoms with E-state index in [0.29, 0.717) is 6.61 Å². The number of hydrogen-bond acceptors (Lipinski definition) is 3. The van der Waals surface area contributed by atoms with E-state index >= 15 is 0 Å². The first-order valence-electron chi connectivity index (χ1n) is 6.22. The second kappa shape index (κ2) is 5.81. The average molecular weight is 271 g/mol. The molecule has 0 heterocycles. The van der Waals surface area contributed by atoms with Crippen molar-refractivity contribution in [3.05, 3.63) is 23.8 Å². The van der Waals surface area contributed by atoms with Gasteiger partial charge in [-0.15, -0.1) is 11.6 Å². The van der Waals surface area contributed by atoms with Gasteiger partial charge in [-0.2, -0.15) is 0 Å². The first-order valence-corrected chi connectivity index (χ1v) is 6.66. The molecular formula is C14H19ClO3. The monoisotopic (exact) mass is 270 g/mol. The van der Waals surface area contributed by atoms with Crippen molar-refractivity contribution in [1.82, 2.24) is 0 Å². The van der Waals surface area contributed by atoms with Gasteiger partial charge in [0.15, 0.2) is 11.5 Å². The van der Waals surface area contributed by atoms with E-state index < -0.39 is 0 Å². The van der Waals surface area contributed by atoms with E-state index in [1.807, 2.05) is 32.0 Å². The first kappa shape index (κ1) is 13.5. The third-order valence-electron chi connectivity index (χ3n) is 3.14. The number of benzene rings is 1. The molecule has 18 heavy (non-hydrogen) atoms. The molecule has 1 aliphatic carbocycles. The Bertz CT molecular complexity index is 408. The fourth-order valence-corrected chi connectivity index (χ4v) is 2.49. The highest BCUT2D eigenvalue weighted by Gasteiger charge is 2.42. The molecule has 0 aliphatic heterocycles. The maximum atomic E-state index is 6.12. The zero-order valence-corrected chi connectivity index (χ0v) is 11.7. The van der Waals surface area contributed by atoms with Crippen LogP contribution in [0.2, 0.25) is 0 Å². The Labute approximate surface area is 113 Å². The molecule has 0 bridgehead atoms. The van der Waals surface area contributed by atoms with Crippen LogP contribution >= 0.6 is 11.6 Å². The van der Waals surface area contributed by atoms with Crippen LogP contribution in [-0.4, -0.2) is 31.3 Å². The van der Waals surface area contributed by atoms with Gasteiger partial charge in [0, 0.05) is 13.0 Å². The van der Waals surface area contributed by atoms with Crippen LogP contribution in [0.3, 0.4) is 0 Å². The Morgan fingerprint density at radius 2 is 2.11 bits per heavy atom. The Morgan fingerprint density at radius 1 is 1.33 bits per heavy atom. The molecule has 0 radical (unpaired) electrons. The van der Waals surface area contributed by atoms with Crippen molar-refractivity contribution in [3.63, 3.8) is 0 Å². The minimum atomic E-state index is -0.0253. The minimum Gasteiger partial charge on any atom is -0.493 e. The van der Waals surface area contributed by atoms with Crippen LogP contribution in [0.5, 0.6) is 11.5 Å². The number of aryl methyl sites for hydroxylation is 1. The van der Waals surface area contributed by atoms with Crippen LogP contribution in [0.25, 0.3) is 0 Å². The lowest BCUT2D eigenvalue weighted by Crippen LogP contribution is -2.52. The molecule has 1 aromatic rings. The van der Waals surface area contributed by atoms with Gasteiger partial charge in [0.1, 0.15) is 12.2 Å². The summed E-state index contributed by atoms with van der Waals surface area (Å²) >= 11 is 6.12.